The molecule has 0 amide bonds. The first kappa shape index (κ1) is 8.75. The van der Waals surface area contributed by atoms with Crippen molar-refractivity contribution in [2.24, 2.45) is 0 Å². The minimum atomic E-state index is 0.859. The van der Waals surface area contributed by atoms with E-state index in [1.807, 2.05) is 30.4 Å². The molecule has 0 unspecified atom stereocenters. The molecule has 0 N–H and O–H groups in total. The Morgan fingerprint density at radius 3 is 3.07 bits per heavy atom. The zero-order valence-corrected chi connectivity index (χ0v) is 7.68. The number of aromatic nitrogens is 1. The summed E-state index contributed by atoms with van der Waals surface area (Å²) in [4.78, 5) is 4.25. The van der Waals surface area contributed by atoms with E-state index < -0.39 is 0 Å². The fourth-order valence-corrected chi connectivity index (χ4v) is 1.27. The van der Waals surface area contributed by atoms with Crippen LogP contribution >= 0.6 is 0 Å². The lowest BCUT2D eigenvalue weighted by molar-refractivity contribution is 0.615. The first-order valence-corrected chi connectivity index (χ1v) is 4.36. The van der Waals surface area contributed by atoms with E-state index in [2.05, 4.69) is 11.9 Å². The number of furan rings is 1. The summed E-state index contributed by atoms with van der Waals surface area (Å²) in [6.45, 7) is 3.60. The maximum atomic E-state index is 5.26. The van der Waals surface area contributed by atoms with Crippen molar-refractivity contribution in [3.63, 3.8) is 0 Å². The van der Waals surface area contributed by atoms with Gasteiger partial charge in [-0.2, -0.15) is 0 Å². The molecule has 2 aromatic heterocycles. The van der Waals surface area contributed by atoms with Crippen LogP contribution in [0, 0.1) is 6.92 Å². The normalized spacial score (nSPS) is 12.1. The monoisotopic (exact) mass is 184 g/mol. The molecule has 0 fully saturated rings. The minimum Gasteiger partial charge on any atom is -0.464 e. The molecule has 2 aromatic rings. The summed E-state index contributed by atoms with van der Waals surface area (Å²) in [5.41, 5.74) is 1.77. The van der Waals surface area contributed by atoms with Crippen LogP contribution in [0.3, 0.4) is 0 Å². The SMILES string of the molecule is [CH2]C=CC=Cc1nccc2occc12. The number of pyridine rings is 1. The third kappa shape index (κ3) is 1.59. The summed E-state index contributed by atoms with van der Waals surface area (Å²) in [7, 11) is 0. The van der Waals surface area contributed by atoms with Gasteiger partial charge >= 0.3 is 0 Å². The van der Waals surface area contributed by atoms with Gasteiger partial charge in [0.25, 0.3) is 0 Å². The Morgan fingerprint density at radius 2 is 2.21 bits per heavy atom. The van der Waals surface area contributed by atoms with E-state index in [4.69, 9.17) is 4.42 Å². The molecular weight excluding hydrogens is 174 g/mol. The summed E-state index contributed by atoms with van der Waals surface area (Å²) in [5.74, 6) is 0. The molecule has 0 atom stereocenters. The summed E-state index contributed by atoms with van der Waals surface area (Å²) >= 11 is 0. The van der Waals surface area contributed by atoms with E-state index >= 15 is 0 Å². The second-order valence-corrected chi connectivity index (χ2v) is 2.82. The average Bonchev–Trinajstić information content (AvgIpc) is 2.67. The molecule has 0 spiro atoms. The van der Waals surface area contributed by atoms with E-state index in [1.54, 1.807) is 18.5 Å². The van der Waals surface area contributed by atoms with Gasteiger partial charge in [0.2, 0.25) is 0 Å². The molecule has 2 heterocycles. The summed E-state index contributed by atoms with van der Waals surface area (Å²) in [6.07, 6.45) is 10.8. The average molecular weight is 184 g/mol. The lowest BCUT2D eigenvalue weighted by Crippen LogP contribution is -1.78. The number of nitrogens with zero attached hydrogens (tertiary/aromatic N) is 1. The number of rotatable bonds is 2. The molecule has 0 saturated carbocycles. The molecular formula is C12H10NO. The fraction of sp³-hybridized carbons (Fsp3) is 0. The third-order valence-corrected chi connectivity index (χ3v) is 1.91. The van der Waals surface area contributed by atoms with Gasteiger partial charge in [0.1, 0.15) is 5.58 Å². The van der Waals surface area contributed by atoms with Crippen LogP contribution in [0.2, 0.25) is 0 Å². The van der Waals surface area contributed by atoms with Crippen molar-refractivity contribution in [1.29, 1.82) is 0 Å². The van der Waals surface area contributed by atoms with Crippen molar-refractivity contribution in [2.45, 2.75) is 0 Å². The zero-order valence-electron chi connectivity index (χ0n) is 7.68. The molecule has 69 valence electrons. The summed E-state index contributed by atoms with van der Waals surface area (Å²) in [5, 5.41) is 1.03. The summed E-state index contributed by atoms with van der Waals surface area (Å²) in [6, 6.07) is 3.76. The standard InChI is InChI=1S/C12H10NO/c1-2-3-4-5-11-10-7-9-14-12(10)6-8-13-11/h2-9H,1H2. The highest BCUT2D eigenvalue weighted by Gasteiger charge is 1.99. The van der Waals surface area contributed by atoms with E-state index in [0.29, 0.717) is 0 Å². The van der Waals surface area contributed by atoms with Crippen LogP contribution < -0.4 is 0 Å². The predicted octanol–water partition coefficient (Wildman–Crippen LogP) is 3.23. The fourth-order valence-electron chi connectivity index (χ4n) is 1.27. The van der Waals surface area contributed by atoms with E-state index in [-0.39, 0.29) is 0 Å². The number of allylic oxidation sites excluding steroid dienone is 3. The Hall–Kier alpha value is -1.83. The number of hydrogen-bond acceptors (Lipinski definition) is 2. The first-order valence-electron chi connectivity index (χ1n) is 4.36. The Bertz CT molecular complexity index is 480. The number of hydrogen-bond donors (Lipinski definition) is 0. The molecule has 0 aliphatic rings. The van der Waals surface area contributed by atoms with Crippen molar-refractivity contribution in [1.82, 2.24) is 4.98 Å². The van der Waals surface area contributed by atoms with Gasteiger partial charge in [-0.25, -0.2) is 0 Å². The molecule has 0 aliphatic carbocycles. The number of fused-ring (bicyclic) bond motifs is 1. The van der Waals surface area contributed by atoms with Crippen molar-refractivity contribution in [3.8, 4) is 0 Å². The van der Waals surface area contributed by atoms with E-state index in [0.717, 1.165) is 16.7 Å². The molecule has 14 heavy (non-hydrogen) atoms. The molecule has 2 nitrogen and oxygen atoms in total. The van der Waals surface area contributed by atoms with Crippen molar-refractivity contribution < 1.29 is 4.42 Å². The van der Waals surface area contributed by atoms with E-state index in [1.165, 1.54) is 0 Å². The minimum absolute atomic E-state index is 0.859. The Kier molecular flexibility index (Phi) is 2.45. The summed E-state index contributed by atoms with van der Waals surface area (Å²) < 4.78 is 5.26. The van der Waals surface area contributed by atoms with Crippen molar-refractivity contribution in [2.75, 3.05) is 0 Å². The van der Waals surface area contributed by atoms with Gasteiger partial charge in [0, 0.05) is 11.6 Å². The highest BCUT2D eigenvalue weighted by atomic mass is 16.3. The zero-order chi connectivity index (χ0) is 9.80. The molecule has 2 rings (SSSR count). The van der Waals surface area contributed by atoms with Gasteiger partial charge in [-0.15, -0.1) is 0 Å². The van der Waals surface area contributed by atoms with Crippen LogP contribution in [0.15, 0.2) is 47.2 Å². The molecule has 0 bridgehead atoms. The second kappa shape index (κ2) is 3.92. The molecule has 0 aliphatic heterocycles. The van der Waals surface area contributed by atoms with E-state index in [9.17, 15) is 0 Å². The van der Waals surface area contributed by atoms with Gasteiger partial charge in [0.15, 0.2) is 0 Å². The topological polar surface area (TPSA) is 26.0 Å². The molecule has 2 heteroatoms. The van der Waals surface area contributed by atoms with Gasteiger partial charge in [-0.05, 0) is 25.1 Å². The van der Waals surface area contributed by atoms with Gasteiger partial charge < -0.3 is 4.42 Å². The van der Waals surface area contributed by atoms with Crippen LogP contribution in [0.25, 0.3) is 17.0 Å². The third-order valence-electron chi connectivity index (χ3n) is 1.91. The molecule has 1 radical (unpaired) electrons. The first-order chi connectivity index (χ1) is 6.92. The van der Waals surface area contributed by atoms with Gasteiger partial charge in [-0.3, -0.25) is 4.98 Å². The predicted molar refractivity (Wildman–Crippen MR) is 57.5 cm³/mol. The highest BCUT2D eigenvalue weighted by molar-refractivity contribution is 5.84. The molecule has 0 aromatic carbocycles. The van der Waals surface area contributed by atoms with Crippen LogP contribution in [-0.4, -0.2) is 4.98 Å². The van der Waals surface area contributed by atoms with Crippen LogP contribution in [0.4, 0.5) is 0 Å². The lowest BCUT2D eigenvalue weighted by Gasteiger charge is -1.92. The molecule has 0 saturated heterocycles. The Balaban J connectivity index is 2.46. The van der Waals surface area contributed by atoms with Gasteiger partial charge in [-0.1, -0.05) is 18.2 Å². The Labute approximate surface area is 82.6 Å². The van der Waals surface area contributed by atoms with Crippen LogP contribution in [0.5, 0.6) is 0 Å². The Morgan fingerprint density at radius 1 is 1.29 bits per heavy atom. The lowest BCUT2D eigenvalue weighted by atomic mass is 10.2. The largest absolute Gasteiger partial charge is 0.464 e. The van der Waals surface area contributed by atoms with Crippen molar-refractivity contribution in [3.05, 3.63) is 55.4 Å². The van der Waals surface area contributed by atoms with Crippen LogP contribution in [-0.2, 0) is 0 Å². The second-order valence-electron chi connectivity index (χ2n) is 2.82. The highest BCUT2D eigenvalue weighted by Crippen LogP contribution is 2.18. The van der Waals surface area contributed by atoms with Crippen LogP contribution in [0.1, 0.15) is 5.69 Å². The maximum absolute atomic E-state index is 5.26. The maximum Gasteiger partial charge on any atom is 0.137 e. The smallest absolute Gasteiger partial charge is 0.137 e. The van der Waals surface area contributed by atoms with Gasteiger partial charge in [0.05, 0.1) is 12.0 Å². The van der Waals surface area contributed by atoms with Crippen molar-refractivity contribution >= 4 is 17.0 Å². The quantitative estimate of drug-likeness (QED) is 0.670.